The number of fused-ring (bicyclic) bond motifs is 1. The predicted octanol–water partition coefficient (Wildman–Crippen LogP) is 0.937. The van der Waals surface area contributed by atoms with Crippen LogP contribution in [-0.2, 0) is 11.3 Å². The first kappa shape index (κ1) is 21.2. The second-order valence-corrected chi connectivity index (χ2v) is 7.71. The monoisotopic (exact) mass is 435 g/mol. The molecule has 4 rings (SSSR count). The molecule has 1 saturated heterocycles. The number of nitrogens with one attached hydrogen (secondary N) is 2. The molecule has 1 aliphatic heterocycles. The average molecular weight is 435 g/mol. The number of piperidine rings is 1. The van der Waals surface area contributed by atoms with Gasteiger partial charge in [0.05, 0.1) is 5.52 Å². The van der Waals surface area contributed by atoms with Crippen LogP contribution in [0.1, 0.15) is 35.8 Å². The Morgan fingerprint density at radius 2 is 1.91 bits per heavy atom. The van der Waals surface area contributed by atoms with E-state index in [-0.39, 0.29) is 36.0 Å². The van der Waals surface area contributed by atoms with Crippen molar-refractivity contribution in [3.05, 3.63) is 41.9 Å². The lowest BCUT2D eigenvalue weighted by molar-refractivity contribution is -0.129. The summed E-state index contributed by atoms with van der Waals surface area (Å²) in [6.07, 6.45) is 3.01. The van der Waals surface area contributed by atoms with Gasteiger partial charge in [-0.1, -0.05) is 6.07 Å². The van der Waals surface area contributed by atoms with Crippen molar-refractivity contribution in [2.24, 2.45) is 0 Å². The molecule has 2 amide bonds. The number of aromatic nitrogens is 4. The third-order valence-corrected chi connectivity index (χ3v) is 5.45. The molecule has 0 atom stereocenters. The topological polar surface area (TPSA) is 165 Å². The Labute approximate surface area is 184 Å². The van der Waals surface area contributed by atoms with Gasteiger partial charge in [0.25, 0.3) is 5.91 Å². The van der Waals surface area contributed by atoms with E-state index < -0.39 is 0 Å². The Morgan fingerprint density at radius 1 is 1.12 bits per heavy atom. The van der Waals surface area contributed by atoms with Crippen LogP contribution in [0.5, 0.6) is 0 Å². The molecule has 3 aromatic rings. The Bertz CT molecular complexity index is 1160. The SMILES string of the molecule is CC(=O)N1CCC(Nc2cc(C(=O)NCc3ccc4c(N)nc(N)nc4c3)ncn2)CC1. The summed E-state index contributed by atoms with van der Waals surface area (Å²) in [6, 6.07) is 7.27. The number of hydrogen-bond donors (Lipinski definition) is 4. The molecule has 3 heterocycles. The normalized spacial score (nSPS) is 14.3. The van der Waals surface area contributed by atoms with E-state index in [0.29, 0.717) is 35.6 Å². The molecule has 0 saturated carbocycles. The van der Waals surface area contributed by atoms with Gasteiger partial charge in [-0.05, 0) is 30.5 Å². The maximum Gasteiger partial charge on any atom is 0.270 e. The van der Waals surface area contributed by atoms with Gasteiger partial charge in [0.2, 0.25) is 11.9 Å². The first-order valence-corrected chi connectivity index (χ1v) is 10.3. The Balaban J connectivity index is 1.37. The second-order valence-electron chi connectivity index (χ2n) is 7.71. The summed E-state index contributed by atoms with van der Waals surface area (Å²) in [7, 11) is 0. The first-order valence-electron chi connectivity index (χ1n) is 10.3. The largest absolute Gasteiger partial charge is 0.383 e. The van der Waals surface area contributed by atoms with Crippen molar-refractivity contribution in [1.29, 1.82) is 0 Å². The summed E-state index contributed by atoms with van der Waals surface area (Å²) in [5.41, 5.74) is 13.3. The molecular formula is C21H25N9O2. The number of nitrogens with two attached hydrogens (primary N) is 2. The van der Waals surface area contributed by atoms with E-state index in [1.165, 1.54) is 6.33 Å². The summed E-state index contributed by atoms with van der Waals surface area (Å²) in [5, 5.41) is 6.89. The van der Waals surface area contributed by atoms with Gasteiger partial charge in [0.1, 0.15) is 23.7 Å². The van der Waals surface area contributed by atoms with E-state index in [4.69, 9.17) is 11.5 Å². The highest BCUT2D eigenvalue weighted by Gasteiger charge is 2.21. The maximum absolute atomic E-state index is 12.6. The van der Waals surface area contributed by atoms with E-state index in [0.717, 1.165) is 18.4 Å². The third-order valence-electron chi connectivity index (χ3n) is 5.45. The molecule has 166 valence electrons. The molecule has 0 bridgehead atoms. The highest BCUT2D eigenvalue weighted by atomic mass is 16.2. The molecule has 6 N–H and O–H groups in total. The van der Waals surface area contributed by atoms with E-state index >= 15 is 0 Å². The fourth-order valence-corrected chi connectivity index (χ4v) is 3.71. The van der Waals surface area contributed by atoms with Crippen LogP contribution in [0, 0.1) is 0 Å². The summed E-state index contributed by atoms with van der Waals surface area (Å²) >= 11 is 0. The highest BCUT2D eigenvalue weighted by molar-refractivity contribution is 5.93. The third kappa shape index (κ3) is 4.82. The van der Waals surface area contributed by atoms with Gasteiger partial charge in [-0.3, -0.25) is 9.59 Å². The molecule has 0 radical (unpaired) electrons. The van der Waals surface area contributed by atoms with Gasteiger partial charge in [0, 0.05) is 44.1 Å². The minimum Gasteiger partial charge on any atom is -0.383 e. The number of likely N-dealkylation sites (tertiary alicyclic amines) is 1. The van der Waals surface area contributed by atoms with E-state index in [1.807, 2.05) is 17.0 Å². The molecule has 0 spiro atoms. The maximum atomic E-state index is 12.6. The summed E-state index contributed by atoms with van der Waals surface area (Å²) in [4.78, 5) is 42.3. The fraction of sp³-hybridized carbons (Fsp3) is 0.333. The molecule has 32 heavy (non-hydrogen) atoms. The predicted molar refractivity (Wildman–Crippen MR) is 120 cm³/mol. The molecule has 0 aliphatic carbocycles. The minimum atomic E-state index is -0.316. The van der Waals surface area contributed by atoms with Crippen LogP contribution in [0.3, 0.4) is 0 Å². The second kappa shape index (κ2) is 9.00. The number of hydrogen-bond acceptors (Lipinski definition) is 9. The Hall–Kier alpha value is -4.02. The first-order chi connectivity index (χ1) is 15.4. The van der Waals surface area contributed by atoms with Crippen molar-refractivity contribution >= 4 is 40.3 Å². The van der Waals surface area contributed by atoms with Crippen molar-refractivity contribution in [2.75, 3.05) is 29.9 Å². The molecule has 0 unspecified atom stereocenters. The number of nitrogen functional groups attached to an aromatic ring is 2. The van der Waals surface area contributed by atoms with Crippen LogP contribution in [0.4, 0.5) is 17.6 Å². The van der Waals surface area contributed by atoms with Crippen LogP contribution >= 0.6 is 0 Å². The Morgan fingerprint density at radius 3 is 2.66 bits per heavy atom. The Kier molecular flexibility index (Phi) is 5.97. The molecule has 1 aromatic carbocycles. The van der Waals surface area contributed by atoms with E-state index in [1.54, 1.807) is 19.1 Å². The van der Waals surface area contributed by atoms with Crippen LogP contribution in [0.15, 0.2) is 30.6 Å². The zero-order chi connectivity index (χ0) is 22.7. The van der Waals surface area contributed by atoms with Crippen molar-refractivity contribution in [2.45, 2.75) is 32.4 Å². The lowest BCUT2D eigenvalue weighted by atomic mass is 10.1. The number of rotatable bonds is 5. The number of amides is 2. The number of nitrogens with zero attached hydrogens (tertiary/aromatic N) is 5. The molecule has 2 aromatic heterocycles. The molecule has 1 aliphatic rings. The highest BCUT2D eigenvalue weighted by Crippen LogP contribution is 2.20. The number of anilines is 3. The van der Waals surface area contributed by atoms with Gasteiger partial charge in [0.15, 0.2) is 0 Å². The number of carbonyl (C=O) groups excluding carboxylic acids is 2. The van der Waals surface area contributed by atoms with E-state index in [2.05, 4.69) is 30.6 Å². The summed E-state index contributed by atoms with van der Waals surface area (Å²) < 4.78 is 0. The number of benzene rings is 1. The fourth-order valence-electron chi connectivity index (χ4n) is 3.71. The van der Waals surface area contributed by atoms with E-state index in [9.17, 15) is 9.59 Å². The molecule has 11 nitrogen and oxygen atoms in total. The lowest BCUT2D eigenvalue weighted by Crippen LogP contribution is -2.41. The molecule has 11 heteroatoms. The minimum absolute atomic E-state index is 0.0928. The van der Waals surface area contributed by atoms with Crippen molar-refractivity contribution in [3.63, 3.8) is 0 Å². The van der Waals surface area contributed by atoms with Crippen LogP contribution in [-0.4, -0.2) is 55.8 Å². The van der Waals surface area contributed by atoms with Crippen molar-refractivity contribution < 1.29 is 9.59 Å². The average Bonchev–Trinajstić information content (AvgIpc) is 2.77. The summed E-state index contributed by atoms with van der Waals surface area (Å²) in [5.74, 6) is 0.777. The van der Waals surface area contributed by atoms with Gasteiger partial charge in [-0.25, -0.2) is 15.0 Å². The van der Waals surface area contributed by atoms with Crippen LogP contribution in [0.25, 0.3) is 10.9 Å². The van der Waals surface area contributed by atoms with Crippen molar-refractivity contribution in [1.82, 2.24) is 30.2 Å². The molecular weight excluding hydrogens is 410 g/mol. The zero-order valence-electron chi connectivity index (χ0n) is 17.7. The number of carbonyl (C=O) groups is 2. The standard InChI is InChI=1S/C21H25N9O2/c1-12(31)30-6-4-14(5-7-30)27-18-9-17(25-11-26-18)20(32)24-10-13-2-3-15-16(8-13)28-21(23)29-19(15)22/h2-3,8-9,11,14H,4-7,10H2,1H3,(H,24,32)(H,25,26,27)(H4,22,23,28,29). The van der Waals surface area contributed by atoms with Gasteiger partial charge in [-0.15, -0.1) is 0 Å². The smallest absolute Gasteiger partial charge is 0.270 e. The van der Waals surface area contributed by atoms with Gasteiger partial charge >= 0.3 is 0 Å². The summed E-state index contributed by atoms with van der Waals surface area (Å²) in [6.45, 7) is 3.28. The van der Waals surface area contributed by atoms with Crippen molar-refractivity contribution in [3.8, 4) is 0 Å². The van der Waals surface area contributed by atoms with Crippen LogP contribution in [0.2, 0.25) is 0 Å². The lowest BCUT2D eigenvalue weighted by Gasteiger charge is -2.31. The quantitative estimate of drug-likeness (QED) is 0.456. The van der Waals surface area contributed by atoms with Gasteiger partial charge < -0.3 is 27.0 Å². The van der Waals surface area contributed by atoms with Crippen LogP contribution < -0.4 is 22.1 Å². The van der Waals surface area contributed by atoms with Gasteiger partial charge in [-0.2, -0.15) is 4.98 Å². The molecule has 1 fully saturated rings. The zero-order valence-corrected chi connectivity index (χ0v) is 17.7.